The van der Waals surface area contributed by atoms with Gasteiger partial charge in [-0.25, -0.2) is 4.98 Å². The van der Waals surface area contributed by atoms with Crippen molar-refractivity contribution in [1.29, 1.82) is 0 Å². The van der Waals surface area contributed by atoms with Crippen LogP contribution in [0.3, 0.4) is 0 Å². The molecule has 0 bridgehead atoms. The van der Waals surface area contributed by atoms with E-state index in [1.165, 1.54) is 11.3 Å². The SMILES string of the molecule is CCOc1ccc(OCC(=O)N2CCc3nc(NC(=O)c4cc(C)on4)sc3C2)cc1. The Hall–Kier alpha value is -3.40. The van der Waals surface area contributed by atoms with E-state index in [1.807, 2.05) is 19.1 Å². The van der Waals surface area contributed by atoms with Crippen molar-refractivity contribution in [2.75, 3.05) is 25.1 Å². The molecule has 0 saturated carbocycles. The topological polar surface area (TPSA) is 107 Å². The number of aromatic nitrogens is 2. The van der Waals surface area contributed by atoms with E-state index in [-0.39, 0.29) is 24.1 Å². The lowest BCUT2D eigenvalue weighted by molar-refractivity contribution is -0.134. The first-order valence-electron chi connectivity index (χ1n) is 9.88. The smallest absolute Gasteiger partial charge is 0.279 e. The maximum atomic E-state index is 12.6. The highest BCUT2D eigenvalue weighted by Gasteiger charge is 2.25. The predicted octanol–water partition coefficient (Wildman–Crippen LogP) is 3.05. The minimum Gasteiger partial charge on any atom is -0.494 e. The first kappa shape index (κ1) is 20.9. The van der Waals surface area contributed by atoms with Gasteiger partial charge in [-0.15, -0.1) is 0 Å². The highest BCUT2D eigenvalue weighted by Crippen LogP contribution is 2.29. The lowest BCUT2D eigenvalue weighted by atomic mass is 10.2. The van der Waals surface area contributed by atoms with Gasteiger partial charge in [0.2, 0.25) is 0 Å². The van der Waals surface area contributed by atoms with Crippen LogP contribution in [-0.2, 0) is 17.8 Å². The van der Waals surface area contributed by atoms with Crippen LogP contribution < -0.4 is 14.8 Å². The molecule has 3 heterocycles. The van der Waals surface area contributed by atoms with Crippen LogP contribution in [0, 0.1) is 6.92 Å². The van der Waals surface area contributed by atoms with Crippen LogP contribution in [-0.4, -0.2) is 46.6 Å². The molecule has 0 fully saturated rings. The summed E-state index contributed by atoms with van der Waals surface area (Å²) in [5, 5.41) is 6.93. The molecule has 1 aliphatic heterocycles. The third-order valence-corrected chi connectivity index (χ3v) is 5.66. The molecule has 0 aliphatic carbocycles. The van der Waals surface area contributed by atoms with E-state index in [0.717, 1.165) is 16.3 Å². The van der Waals surface area contributed by atoms with Crippen LogP contribution in [0.4, 0.5) is 5.13 Å². The Morgan fingerprint density at radius 1 is 1.23 bits per heavy atom. The van der Waals surface area contributed by atoms with Crippen molar-refractivity contribution in [3.63, 3.8) is 0 Å². The second-order valence-corrected chi connectivity index (χ2v) is 8.01. The van der Waals surface area contributed by atoms with Crippen LogP contribution in [0.15, 0.2) is 34.9 Å². The number of nitrogens with one attached hydrogen (secondary N) is 1. The Balaban J connectivity index is 1.32. The van der Waals surface area contributed by atoms with E-state index in [9.17, 15) is 9.59 Å². The van der Waals surface area contributed by atoms with Gasteiger partial charge < -0.3 is 18.9 Å². The number of carbonyl (C=O) groups excluding carboxylic acids is 2. The minimum absolute atomic E-state index is 0.0444. The fraction of sp³-hybridized carbons (Fsp3) is 0.333. The summed E-state index contributed by atoms with van der Waals surface area (Å²) in [6.45, 7) is 5.19. The molecule has 3 aromatic rings. The van der Waals surface area contributed by atoms with Gasteiger partial charge in [0.05, 0.1) is 18.8 Å². The molecule has 0 saturated heterocycles. The number of rotatable bonds is 7. The molecule has 1 aromatic carbocycles. The molecule has 0 radical (unpaired) electrons. The Morgan fingerprint density at radius 2 is 1.97 bits per heavy atom. The molecule has 0 spiro atoms. The quantitative estimate of drug-likeness (QED) is 0.599. The molecular weight excluding hydrogens is 420 g/mol. The van der Waals surface area contributed by atoms with Crippen molar-refractivity contribution in [2.24, 2.45) is 0 Å². The molecule has 4 rings (SSSR count). The summed E-state index contributed by atoms with van der Waals surface area (Å²) in [5.41, 5.74) is 1.10. The summed E-state index contributed by atoms with van der Waals surface area (Å²) in [7, 11) is 0. The van der Waals surface area contributed by atoms with Crippen molar-refractivity contribution in [3.8, 4) is 11.5 Å². The molecular formula is C21H22N4O5S. The molecule has 2 amide bonds. The molecule has 10 heteroatoms. The number of ether oxygens (including phenoxy) is 2. The normalized spacial score (nSPS) is 12.9. The van der Waals surface area contributed by atoms with Crippen LogP contribution in [0.5, 0.6) is 11.5 Å². The van der Waals surface area contributed by atoms with Gasteiger partial charge in [-0.1, -0.05) is 16.5 Å². The number of hydrogen-bond donors (Lipinski definition) is 1. The molecule has 2 aromatic heterocycles. The van der Waals surface area contributed by atoms with E-state index in [4.69, 9.17) is 14.0 Å². The van der Waals surface area contributed by atoms with Gasteiger partial charge in [0, 0.05) is 23.9 Å². The fourth-order valence-electron chi connectivity index (χ4n) is 3.13. The Morgan fingerprint density at radius 3 is 2.65 bits per heavy atom. The zero-order chi connectivity index (χ0) is 21.8. The molecule has 1 N–H and O–H groups in total. The zero-order valence-electron chi connectivity index (χ0n) is 17.2. The van der Waals surface area contributed by atoms with E-state index < -0.39 is 0 Å². The van der Waals surface area contributed by atoms with Crippen molar-refractivity contribution in [3.05, 3.63) is 52.4 Å². The zero-order valence-corrected chi connectivity index (χ0v) is 18.0. The molecule has 0 unspecified atom stereocenters. The van der Waals surface area contributed by atoms with Crippen molar-refractivity contribution in [2.45, 2.75) is 26.8 Å². The number of fused-ring (bicyclic) bond motifs is 1. The van der Waals surface area contributed by atoms with Crippen LogP contribution in [0.25, 0.3) is 0 Å². The lowest BCUT2D eigenvalue weighted by Crippen LogP contribution is -2.38. The number of hydrogen-bond acceptors (Lipinski definition) is 8. The Kier molecular flexibility index (Phi) is 6.17. The number of aryl methyl sites for hydroxylation is 1. The monoisotopic (exact) mass is 442 g/mol. The van der Waals surface area contributed by atoms with E-state index in [1.54, 1.807) is 30.0 Å². The number of nitrogens with zero attached hydrogens (tertiary/aromatic N) is 3. The minimum atomic E-state index is -0.375. The second kappa shape index (κ2) is 9.17. The standard InChI is InChI=1S/C21H22N4O5S/c1-3-28-14-4-6-15(7-5-14)29-12-19(26)25-9-8-16-18(11-25)31-21(22-16)23-20(27)17-10-13(2)30-24-17/h4-7,10H,3,8-9,11-12H2,1-2H3,(H,22,23,27). The number of carbonyl (C=O) groups is 2. The van der Waals surface area contributed by atoms with Crippen molar-refractivity contribution < 1.29 is 23.6 Å². The summed E-state index contributed by atoms with van der Waals surface area (Å²) in [6, 6.07) is 8.74. The van der Waals surface area contributed by atoms with Crippen LogP contribution in [0.2, 0.25) is 0 Å². The highest BCUT2D eigenvalue weighted by atomic mass is 32.1. The number of amides is 2. The largest absolute Gasteiger partial charge is 0.494 e. The number of benzene rings is 1. The number of thiazole rings is 1. The number of anilines is 1. The van der Waals surface area contributed by atoms with E-state index in [2.05, 4.69) is 15.5 Å². The summed E-state index contributed by atoms with van der Waals surface area (Å²) < 4.78 is 15.9. The summed E-state index contributed by atoms with van der Waals surface area (Å²) >= 11 is 1.36. The Bertz CT molecular complexity index is 1080. The summed E-state index contributed by atoms with van der Waals surface area (Å²) in [6.07, 6.45) is 0.625. The fourth-order valence-corrected chi connectivity index (χ4v) is 4.15. The molecule has 0 atom stereocenters. The summed E-state index contributed by atoms with van der Waals surface area (Å²) in [4.78, 5) is 32.0. The molecule has 162 valence electrons. The Labute approximate surface area is 183 Å². The predicted molar refractivity (Wildman–Crippen MR) is 114 cm³/mol. The molecule has 1 aliphatic rings. The first-order valence-corrected chi connectivity index (χ1v) is 10.7. The van der Waals surface area contributed by atoms with Gasteiger partial charge >= 0.3 is 0 Å². The van der Waals surface area contributed by atoms with Gasteiger partial charge in [0.15, 0.2) is 17.4 Å². The first-order chi connectivity index (χ1) is 15.0. The second-order valence-electron chi connectivity index (χ2n) is 6.92. The van der Waals surface area contributed by atoms with Gasteiger partial charge in [0.25, 0.3) is 11.8 Å². The van der Waals surface area contributed by atoms with Crippen LogP contribution in [0.1, 0.15) is 33.7 Å². The van der Waals surface area contributed by atoms with Gasteiger partial charge in [-0.2, -0.15) is 0 Å². The highest BCUT2D eigenvalue weighted by molar-refractivity contribution is 7.15. The maximum Gasteiger partial charge on any atom is 0.279 e. The van der Waals surface area contributed by atoms with Crippen LogP contribution >= 0.6 is 11.3 Å². The third-order valence-electron chi connectivity index (χ3n) is 4.66. The van der Waals surface area contributed by atoms with Gasteiger partial charge in [0.1, 0.15) is 17.3 Å². The average Bonchev–Trinajstić information content (AvgIpc) is 3.38. The van der Waals surface area contributed by atoms with Crippen molar-refractivity contribution in [1.82, 2.24) is 15.0 Å². The average molecular weight is 442 g/mol. The van der Waals surface area contributed by atoms with E-state index >= 15 is 0 Å². The van der Waals surface area contributed by atoms with E-state index in [0.29, 0.717) is 42.8 Å². The lowest BCUT2D eigenvalue weighted by Gasteiger charge is -2.26. The summed E-state index contributed by atoms with van der Waals surface area (Å²) in [5.74, 6) is 1.46. The maximum absolute atomic E-state index is 12.6. The molecule has 31 heavy (non-hydrogen) atoms. The van der Waals surface area contributed by atoms with Crippen molar-refractivity contribution >= 4 is 28.3 Å². The van der Waals surface area contributed by atoms with Gasteiger partial charge in [-0.05, 0) is 38.1 Å². The van der Waals surface area contributed by atoms with Gasteiger partial charge in [-0.3, -0.25) is 14.9 Å². The molecule has 9 nitrogen and oxygen atoms in total. The third kappa shape index (κ3) is 5.02.